The molecule has 0 spiro atoms. The first kappa shape index (κ1) is 16.4. The third kappa shape index (κ3) is 3.83. The van der Waals surface area contributed by atoms with Gasteiger partial charge in [-0.1, -0.05) is 30.3 Å². The van der Waals surface area contributed by atoms with Crippen molar-refractivity contribution < 1.29 is 18.0 Å². The van der Waals surface area contributed by atoms with Gasteiger partial charge in [-0.3, -0.25) is 4.79 Å². The normalized spacial score (nSPS) is 13.0. The molecule has 2 N–H and O–H groups in total. The summed E-state index contributed by atoms with van der Waals surface area (Å²) in [5.74, 6) is -0.380. The van der Waals surface area contributed by atoms with Gasteiger partial charge in [0.1, 0.15) is 11.0 Å². The average Bonchev–Trinajstić information content (AvgIpc) is 2.95. The van der Waals surface area contributed by atoms with Gasteiger partial charge in [-0.15, -0.1) is 11.3 Å². The van der Waals surface area contributed by atoms with Gasteiger partial charge in [-0.05, 0) is 5.56 Å². The third-order valence-electron chi connectivity index (χ3n) is 3.02. The van der Waals surface area contributed by atoms with Crippen molar-refractivity contribution in [3.05, 3.63) is 52.0 Å². The fourth-order valence-electron chi connectivity index (χ4n) is 1.83. The van der Waals surface area contributed by atoms with Crippen molar-refractivity contribution in [2.24, 2.45) is 5.73 Å². The number of hydrogen-bond donors (Lipinski definition) is 1. The summed E-state index contributed by atoms with van der Waals surface area (Å²) < 4.78 is 37.5. The number of amides is 1. The smallest absolute Gasteiger partial charge is 0.337 e. The first-order valence-electron chi connectivity index (χ1n) is 6.36. The van der Waals surface area contributed by atoms with Crippen LogP contribution in [0.5, 0.6) is 0 Å². The summed E-state index contributed by atoms with van der Waals surface area (Å²) in [6, 6.07) is 7.92. The molecule has 0 aliphatic carbocycles. The number of aromatic nitrogens is 1. The summed E-state index contributed by atoms with van der Waals surface area (Å²) in [6.45, 7) is -0.0138. The summed E-state index contributed by atoms with van der Waals surface area (Å²) in [7, 11) is 1.49. The Morgan fingerprint density at radius 1 is 1.36 bits per heavy atom. The monoisotopic (exact) mass is 329 g/mol. The molecule has 0 bridgehead atoms. The number of rotatable bonds is 4. The van der Waals surface area contributed by atoms with Crippen LogP contribution in [0.2, 0.25) is 0 Å². The molecular formula is C14H14F3N3OS. The summed E-state index contributed by atoms with van der Waals surface area (Å²) in [4.78, 5) is 17.0. The maximum Gasteiger partial charge on any atom is 0.434 e. The van der Waals surface area contributed by atoms with Crippen LogP contribution in [-0.2, 0) is 17.5 Å². The van der Waals surface area contributed by atoms with Gasteiger partial charge in [0.2, 0.25) is 5.91 Å². The molecule has 1 atom stereocenters. The second-order valence-corrected chi connectivity index (χ2v) is 5.65. The standard InChI is InChI=1S/C14H14F3N3OS/c1-20(7-11-19-10(8-22-11)14(15,16)17)13(21)12(18)9-5-3-2-4-6-9/h2-6,8,12H,7,18H2,1H3. The van der Waals surface area contributed by atoms with Crippen molar-refractivity contribution in [2.45, 2.75) is 18.8 Å². The summed E-state index contributed by atoms with van der Waals surface area (Å²) in [6.07, 6.45) is -4.47. The highest BCUT2D eigenvalue weighted by Gasteiger charge is 2.34. The van der Waals surface area contributed by atoms with E-state index in [1.165, 1.54) is 11.9 Å². The van der Waals surface area contributed by atoms with Crippen molar-refractivity contribution in [3.8, 4) is 0 Å². The van der Waals surface area contributed by atoms with E-state index in [0.29, 0.717) is 5.56 Å². The van der Waals surface area contributed by atoms with E-state index in [4.69, 9.17) is 5.73 Å². The van der Waals surface area contributed by atoms with Crippen molar-refractivity contribution in [1.29, 1.82) is 0 Å². The van der Waals surface area contributed by atoms with Crippen LogP contribution in [0.4, 0.5) is 13.2 Å². The molecule has 1 amide bonds. The first-order valence-corrected chi connectivity index (χ1v) is 7.24. The fraction of sp³-hybridized carbons (Fsp3) is 0.286. The Balaban J connectivity index is 2.04. The number of benzene rings is 1. The van der Waals surface area contributed by atoms with E-state index >= 15 is 0 Å². The van der Waals surface area contributed by atoms with Gasteiger partial charge < -0.3 is 10.6 Å². The van der Waals surface area contributed by atoms with Crippen LogP contribution in [0.1, 0.15) is 22.3 Å². The second kappa shape index (κ2) is 6.45. The lowest BCUT2D eigenvalue weighted by molar-refractivity contribution is -0.140. The van der Waals surface area contributed by atoms with Crippen LogP contribution in [0.15, 0.2) is 35.7 Å². The maximum absolute atomic E-state index is 12.5. The fourth-order valence-corrected chi connectivity index (χ4v) is 2.69. The Labute approximate surface area is 129 Å². The molecule has 118 valence electrons. The Bertz CT molecular complexity index is 642. The van der Waals surface area contributed by atoms with Crippen LogP contribution in [0.3, 0.4) is 0 Å². The second-order valence-electron chi connectivity index (χ2n) is 4.71. The number of nitrogens with zero attached hydrogens (tertiary/aromatic N) is 2. The van der Waals surface area contributed by atoms with Crippen molar-refractivity contribution >= 4 is 17.2 Å². The van der Waals surface area contributed by atoms with Gasteiger partial charge in [0.05, 0.1) is 6.54 Å². The van der Waals surface area contributed by atoms with Gasteiger partial charge in [-0.25, -0.2) is 4.98 Å². The van der Waals surface area contributed by atoms with Crippen LogP contribution in [0.25, 0.3) is 0 Å². The molecule has 1 unspecified atom stereocenters. The molecule has 0 aliphatic heterocycles. The molecule has 0 radical (unpaired) electrons. The zero-order chi connectivity index (χ0) is 16.3. The number of thiazole rings is 1. The number of carbonyl (C=O) groups is 1. The minimum absolute atomic E-state index is 0.0138. The number of nitrogens with two attached hydrogens (primary N) is 1. The molecule has 1 aromatic heterocycles. The van der Waals surface area contributed by atoms with Gasteiger partial charge in [0.25, 0.3) is 0 Å². The maximum atomic E-state index is 12.5. The summed E-state index contributed by atoms with van der Waals surface area (Å²) >= 11 is 0.864. The quantitative estimate of drug-likeness (QED) is 0.938. The molecule has 0 saturated heterocycles. The van der Waals surface area contributed by atoms with Crippen LogP contribution in [0, 0.1) is 0 Å². The number of hydrogen-bond acceptors (Lipinski definition) is 4. The average molecular weight is 329 g/mol. The number of carbonyl (C=O) groups excluding carboxylic acids is 1. The SMILES string of the molecule is CN(Cc1nc(C(F)(F)F)cs1)C(=O)C(N)c1ccccc1. The number of halogens is 3. The Hall–Kier alpha value is -1.93. The van der Waals surface area contributed by atoms with Gasteiger partial charge in [0.15, 0.2) is 5.69 Å². The Morgan fingerprint density at radius 3 is 2.55 bits per heavy atom. The topological polar surface area (TPSA) is 59.2 Å². The van der Waals surface area contributed by atoms with Crippen LogP contribution >= 0.6 is 11.3 Å². The van der Waals surface area contributed by atoms with Gasteiger partial charge in [-0.2, -0.15) is 13.2 Å². The molecule has 0 fully saturated rings. The van der Waals surface area contributed by atoms with E-state index in [-0.39, 0.29) is 17.5 Å². The van der Waals surface area contributed by atoms with Gasteiger partial charge >= 0.3 is 6.18 Å². The highest BCUT2D eigenvalue weighted by molar-refractivity contribution is 7.09. The van der Waals surface area contributed by atoms with E-state index in [2.05, 4.69) is 4.98 Å². The molecule has 2 aromatic rings. The van der Waals surface area contributed by atoms with Crippen LogP contribution in [-0.4, -0.2) is 22.8 Å². The minimum Gasteiger partial charge on any atom is -0.337 e. The number of likely N-dealkylation sites (N-methyl/N-ethyl adjacent to an activating group) is 1. The lowest BCUT2D eigenvalue weighted by Crippen LogP contribution is -2.35. The van der Waals surface area contributed by atoms with E-state index in [1.54, 1.807) is 30.3 Å². The highest BCUT2D eigenvalue weighted by atomic mass is 32.1. The summed E-state index contributed by atoms with van der Waals surface area (Å²) in [5.41, 5.74) is 5.58. The lowest BCUT2D eigenvalue weighted by atomic mass is 10.1. The molecule has 1 heterocycles. The van der Waals surface area contributed by atoms with Crippen molar-refractivity contribution in [3.63, 3.8) is 0 Å². The van der Waals surface area contributed by atoms with E-state index in [0.717, 1.165) is 16.7 Å². The largest absolute Gasteiger partial charge is 0.434 e. The van der Waals surface area contributed by atoms with E-state index in [1.807, 2.05) is 0 Å². The predicted molar refractivity (Wildman–Crippen MR) is 77.0 cm³/mol. The van der Waals surface area contributed by atoms with Crippen LogP contribution < -0.4 is 5.73 Å². The zero-order valence-electron chi connectivity index (χ0n) is 11.7. The zero-order valence-corrected chi connectivity index (χ0v) is 12.5. The molecule has 8 heteroatoms. The molecule has 4 nitrogen and oxygen atoms in total. The Kier molecular flexibility index (Phi) is 4.82. The highest BCUT2D eigenvalue weighted by Crippen LogP contribution is 2.30. The molecule has 0 aliphatic rings. The van der Waals surface area contributed by atoms with Crippen molar-refractivity contribution in [1.82, 2.24) is 9.88 Å². The van der Waals surface area contributed by atoms with E-state index in [9.17, 15) is 18.0 Å². The molecule has 2 rings (SSSR count). The third-order valence-corrected chi connectivity index (χ3v) is 3.85. The molecular weight excluding hydrogens is 315 g/mol. The molecule has 0 saturated carbocycles. The summed E-state index contributed by atoms with van der Waals surface area (Å²) in [5, 5.41) is 1.15. The Morgan fingerprint density at radius 2 is 2.00 bits per heavy atom. The van der Waals surface area contributed by atoms with E-state index < -0.39 is 17.9 Å². The number of alkyl halides is 3. The predicted octanol–water partition coefficient (Wildman–Crippen LogP) is 2.82. The lowest BCUT2D eigenvalue weighted by Gasteiger charge is -2.20. The minimum atomic E-state index is -4.47. The first-order chi connectivity index (χ1) is 10.3. The van der Waals surface area contributed by atoms with Gasteiger partial charge in [0, 0.05) is 12.4 Å². The van der Waals surface area contributed by atoms with Crippen molar-refractivity contribution in [2.75, 3.05) is 7.05 Å². The molecule has 22 heavy (non-hydrogen) atoms. The molecule has 1 aromatic carbocycles.